The predicted molar refractivity (Wildman–Crippen MR) is 129 cm³/mol. The lowest BCUT2D eigenvalue weighted by molar-refractivity contribution is -0.114. The first-order valence-corrected chi connectivity index (χ1v) is 13.4. The first-order valence-electron chi connectivity index (χ1n) is 11.2. The third-order valence-electron chi connectivity index (χ3n) is 4.41. The summed E-state index contributed by atoms with van der Waals surface area (Å²) >= 11 is 0.792. The number of hydrogen-bond donors (Lipinski definition) is 1. The lowest BCUT2D eigenvalue weighted by Gasteiger charge is -1.98. The Balaban J connectivity index is 2.06. The van der Waals surface area contributed by atoms with Crippen LogP contribution in [0.5, 0.6) is 0 Å². The molecule has 0 aliphatic carbocycles. The number of unbranched alkanes of at least 4 members (excludes halogenated alkanes) is 9. The van der Waals surface area contributed by atoms with E-state index in [1.165, 1.54) is 51.7 Å². The molecule has 0 unspecified atom stereocenters. The molecule has 1 N–H and O–H groups in total. The highest BCUT2D eigenvalue weighted by Gasteiger charge is 2.18. The number of allylic oxidation sites excluding steroid dienone is 4. The van der Waals surface area contributed by atoms with E-state index in [1.807, 2.05) is 0 Å². The molecule has 0 fully saturated rings. The van der Waals surface area contributed by atoms with Crippen molar-refractivity contribution in [3.63, 3.8) is 0 Å². The van der Waals surface area contributed by atoms with Crippen molar-refractivity contribution in [1.29, 1.82) is 0 Å². The second-order valence-corrected chi connectivity index (χ2v) is 10.1. The molecule has 0 aromatic carbocycles. The van der Waals surface area contributed by atoms with Gasteiger partial charge in [-0.15, -0.1) is 10.2 Å². The zero-order valence-corrected chi connectivity index (χ0v) is 20.4. The molecule has 0 atom stereocenters. The number of sulfonamides is 1. The zero-order valence-electron chi connectivity index (χ0n) is 18.8. The fraction of sp³-hybridized carbons (Fsp3) is 0.636. The van der Waals surface area contributed by atoms with Gasteiger partial charge in [-0.2, -0.15) is 12.8 Å². The van der Waals surface area contributed by atoms with Crippen LogP contribution in [0.15, 0.2) is 33.0 Å². The Bertz CT molecular complexity index is 814. The van der Waals surface area contributed by atoms with E-state index in [-0.39, 0.29) is 15.4 Å². The summed E-state index contributed by atoms with van der Waals surface area (Å²) in [7, 11) is -3.85. The molecule has 7 nitrogen and oxygen atoms in total. The minimum absolute atomic E-state index is 0.148. The van der Waals surface area contributed by atoms with Gasteiger partial charge in [0.25, 0.3) is 4.34 Å². The molecule has 0 spiro atoms. The lowest BCUT2D eigenvalue weighted by atomic mass is 10.1. The summed E-state index contributed by atoms with van der Waals surface area (Å²) in [4.78, 5) is 11.0. The van der Waals surface area contributed by atoms with Crippen LogP contribution >= 0.6 is 11.3 Å². The molecule has 1 heterocycles. The Labute approximate surface area is 191 Å². The largest absolute Gasteiger partial charge is 0.311 e. The van der Waals surface area contributed by atoms with Gasteiger partial charge in [-0.25, -0.2) is 0 Å². The molecule has 0 aliphatic heterocycles. The van der Waals surface area contributed by atoms with Crippen LogP contribution in [0.2, 0.25) is 0 Å². The fourth-order valence-electron chi connectivity index (χ4n) is 2.76. The van der Waals surface area contributed by atoms with Crippen molar-refractivity contribution in [1.82, 2.24) is 10.2 Å². The molecule has 1 aromatic rings. The molecular formula is C22H36N4O3S2. The van der Waals surface area contributed by atoms with Crippen LogP contribution in [0.3, 0.4) is 0 Å². The SMILES string of the molecule is CCCCC/C=C/C/C=C/CCCCCCCC=NS(=O)(=O)c1nnc(NC(C)=O)s1. The van der Waals surface area contributed by atoms with Crippen molar-refractivity contribution >= 4 is 38.6 Å². The quantitative estimate of drug-likeness (QED) is 0.129. The Morgan fingerprint density at radius 2 is 1.55 bits per heavy atom. The van der Waals surface area contributed by atoms with Gasteiger partial charge in [0, 0.05) is 13.1 Å². The van der Waals surface area contributed by atoms with Crippen molar-refractivity contribution in [2.75, 3.05) is 5.32 Å². The van der Waals surface area contributed by atoms with Crippen LogP contribution in [-0.2, 0) is 14.8 Å². The molecule has 31 heavy (non-hydrogen) atoms. The first kappa shape index (κ1) is 27.2. The number of nitrogens with one attached hydrogen (secondary N) is 1. The normalized spacial score (nSPS) is 12.5. The highest BCUT2D eigenvalue weighted by Crippen LogP contribution is 2.21. The molecule has 0 bridgehead atoms. The first-order chi connectivity index (χ1) is 15.0. The van der Waals surface area contributed by atoms with Gasteiger partial charge in [0.2, 0.25) is 11.0 Å². The summed E-state index contributed by atoms with van der Waals surface area (Å²) in [6, 6.07) is 0. The van der Waals surface area contributed by atoms with Crippen molar-refractivity contribution < 1.29 is 13.2 Å². The number of carbonyl (C=O) groups is 1. The molecule has 9 heteroatoms. The maximum Gasteiger partial charge on any atom is 0.311 e. The van der Waals surface area contributed by atoms with E-state index in [0.29, 0.717) is 6.42 Å². The Morgan fingerprint density at radius 3 is 2.19 bits per heavy atom. The third-order valence-corrected chi connectivity index (χ3v) is 6.87. The van der Waals surface area contributed by atoms with E-state index in [4.69, 9.17) is 0 Å². The van der Waals surface area contributed by atoms with Crippen LogP contribution in [0, 0.1) is 0 Å². The monoisotopic (exact) mass is 468 g/mol. The van der Waals surface area contributed by atoms with Crippen molar-refractivity contribution in [3.8, 4) is 0 Å². The molecule has 0 aliphatic rings. The number of hydrogen-bond acceptors (Lipinski definition) is 6. The van der Waals surface area contributed by atoms with Gasteiger partial charge < -0.3 is 5.32 Å². The molecule has 1 rings (SSSR count). The number of nitrogens with zero attached hydrogens (tertiary/aromatic N) is 3. The van der Waals surface area contributed by atoms with E-state index in [1.54, 1.807) is 0 Å². The molecule has 1 amide bonds. The molecule has 1 aromatic heterocycles. The van der Waals surface area contributed by atoms with Crippen LogP contribution in [0.1, 0.15) is 90.9 Å². The third kappa shape index (κ3) is 13.9. The average Bonchev–Trinajstić information content (AvgIpc) is 3.19. The Kier molecular flexibility index (Phi) is 14.7. The van der Waals surface area contributed by atoms with E-state index < -0.39 is 10.0 Å². The van der Waals surface area contributed by atoms with Crippen molar-refractivity contribution in [2.45, 2.75) is 95.2 Å². The van der Waals surface area contributed by atoms with Gasteiger partial charge >= 0.3 is 10.0 Å². The zero-order chi connectivity index (χ0) is 22.8. The van der Waals surface area contributed by atoms with Crippen LogP contribution in [0.25, 0.3) is 0 Å². The highest BCUT2D eigenvalue weighted by atomic mass is 32.2. The maximum absolute atomic E-state index is 12.1. The van der Waals surface area contributed by atoms with E-state index in [0.717, 1.165) is 43.4 Å². The van der Waals surface area contributed by atoms with E-state index >= 15 is 0 Å². The molecule has 174 valence electrons. The summed E-state index contributed by atoms with van der Waals surface area (Å²) in [5.74, 6) is -0.329. The van der Waals surface area contributed by atoms with Gasteiger partial charge in [0.05, 0.1) is 0 Å². The molecule has 0 saturated heterocycles. The smallest absolute Gasteiger partial charge is 0.301 e. The summed E-state index contributed by atoms with van der Waals surface area (Å²) < 4.78 is 27.6. The van der Waals surface area contributed by atoms with E-state index in [9.17, 15) is 13.2 Å². The fourth-order valence-corrected chi connectivity index (χ4v) is 4.60. The maximum atomic E-state index is 12.1. The Hall–Kier alpha value is -1.87. The molecule has 0 saturated carbocycles. The van der Waals surface area contributed by atoms with Crippen LogP contribution < -0.4 is 5.32 Å². The Morgan fingerprint density at radius 1 is 0.935 bits per heavy atom. The van der Waals surface area contributed by atoms with Gasteiger partial charge in [0.15, 0.2) is 0 Å². The number of carbonyl (C=O) groups excluding carboxylic acids is 1. The van der Waals surface area contributed by atoms with Gasteiger partial charge in [-0.05, 0) is 44.9 Å². The van der Waals surface area contributed by atoms with Gasteiger partial charge in [-0.3, -0.25) is 4.79 Å². The lowest BCUT2D eigenvalue weighted by Crippen LogP contribution is -2.04. The second kappa shape index (κ2) is 16.8. The second-order valence-electron chi connectivity index (χ2n) is 7.34. The summed E-state index contributed by atoms with van der Waals surface area (Å²) in [5.41, 5.74) is 0. The number of amides is 1. The predicted octanol–water partition coefficient (Wildman–Crippen LogP) is 6.07. The summed E-state index contributed by atoms with van der Waals surface area (Å²) in [6.07, 6.45) is 23.8. The van der Waals surface area contributed by atoms with Crippen molar-refractivity contribution in [2.24, 2.45) is 4.40 Å². The minimum Gasteiger partial charge on any atom is -0.301 e. The number of aromatic nitrogens is 2. The summed E-state index contributed by atoms with van der Waals surface area (Å²) in [6.45, 7) is 3.54. The highest BCUT2D eigenvalue weighted by molar-refractivity contribution is 7.92. The van der Waals surface area contributed by atoms with E-state index in [2.05, 4.69) is 51.1 Å². The number of rotatable bonds is 17. The van der Waals surface area contributed by atoms with Gasteiger partial charge in [0.1, 0.15) is 0 Å². The van der Waals surface area contributed by atoms with Gasteiger partial charge in [-0.1, -0.05) is 74.7 Å². The summed E-state index contributed by atoms with van der Waals surface area (Å²) in [5, 5.41) is 9.76. The minimum atomic E-state index is -3.85. The van der Waals surface area contributed by atoms with Crippen LogP contribution in [0.4, 0.5) is 5.13 Å². The number of anilines is 1. The van der Waals surface area contributed by atoms with Crippen LogP contribution in [-0.4, -0.2) is 30.7 Å². The molecule has 0 radical (unpaired) electrons. The topological polar surface area (TPSA) is 101 Å². The standard InChI is InChI=1S/C22H36N4O3S2/c1-3-4-5-6-7-8-9-10-11-12-13-14-15-16-17-18-19-23-31(28,29)22-26-25-21(30-22)24-20(2)27/h7-8,10-11,19H,3-6,9,12-18H2,1-2H3,(H,24,25,27)/b8-7+,11-10+,23-19?. The average molecular weight is 469 g/mol. The molecular weight excluding hydrogens is 432 g/mol. The van der Waals surface area contributed by atoms with Crippen molar-refractivity contribution in [3.05, 3.63) is 24.3 Å².